The zero-order chi connectivity index (χ0) is 33.4. The Labute approximate surface area is 290 Å². The van der Waals surface area contributed by atoms with Crippen molar-refractivity contribution in [3.8, 4) is 11.5 Å². The molecule has 252 valence electrons. The summed E-state index contributed by atoms with van der Waals surface area (Å²) < 4.78 is 11.0. The van der Waals surface area contributed by atoms with Gasteiger partial charge in [-0.2, -0.15) is 10.2 Å². The fourth-order valence-corrected chi connectivity index (χ4v) is 7.65. The highest BCUT2D eigenvalue weighted by Crippen LogP contribution is 2.35. The van der Waals surface area contributed by atoms with E-state index in [9.17, 15) is 9.59 Å². The molecule has 0 unspecified atom stereocenters. The minimum Gasteiger partial charge on any atom is -0.493 e. The summed E-state index contributed by atoms with van der Waals surface area (Å²) in [7, 11) is 0. The van der Waals surface area contributed by atoms with Crippen molar-refractivity contribution >= 4 is 66.3 Å². The van der Waals surface area contributed by atoms with E-state index in [0.717, 1.165) is 70.7 Å². The van der Waals surface area contributed by atoms with E-state index in [1.54, 1.807) is 12.3 Å². The lowest BCUT2D eigenvalue weighted by Gasteiger charge is -2.06. The van der Waals surface area contributed by atoms with Gasteiger partial charge in [0.15, 0.2) is 0 Å². The van der Waals surface area contributed by atoms with Crippen LogP contribution in [0.1, 0.15) is 60.3 Å². The Hall–Kier alpha value is -5.34. The lowest BCUT2D eigenvalue weighted by atomic mass is 10.1. The van der Waals surface area contributed by atoms with Gasteiger partial charge < -0.3 is 31.6 Å². The van der Waals surface area contributed by atoms with Gasteiger partial charge in [-0.1, -0.05) is 31.7 Å². The van der Waals surface area contributed by atoms with Crippen molar-refractivity contribution in [3.63, 3.8) is 0 Å². The third-order valence-corrected chi connectivity index (χ3v) is 10.6. The van der Waals surface area contributed by atoms with Crippen LogP contribution >= 0.6 is 22.7 Å². The minimum atomic E-state index is -0.192. The molecule has 2 aliphatic heterocycles. The summed E-state index contributed by atoms with van der Waals surface area (Å²) in [6.45, 7) is 6.18. The van der Waals surface area contributed by atoms with Gasteiger partial charge in [-0.3, -0.25) is 9.59 Å². The first-order valence-electron chi connectivity index (χ1n) is 15.3. The van der Waals surface area contributed by atoms with Gasteiger partial charge in [0.1, 0.15) is 30.9 Å². The number of nitrogens with two attached hydrogens (primary N) is 2. The topological polar surface area (TPSA) is 180 Å². The van der Waals surface area contributed by atoms with Crippen LogP contribution in [0.3, 0.4) is 0 Å². The lowest BCUT2D eigenvalue weighted by molar-refractivity contribution is 0.0947. The van der Waals surface area contributed by atoms with Crippen molar-refractivity contribution in [2.75, 3.05) is 24.7 Å². The van der Waals surface area contributed by atoms with Gasteiger partial charge >= 0.3 is 0 Å². The maximum absolute atomic E-state index is 12.6. The first-order valence-corrected chi connectivity index (χ1v) is 17.0. The Morgan fingerprint density at radius 1 is 0.776 bits per heavy atom. The van der Waals surface area contributed by atoms with Gasteiger partial charge in [-0.05, 0) is 59.9 Å². The number of rotatable bonds is 6. The fourth-order valence-electron chi connectivity index (χ4n) is 5.68. The van der Waals surface area contributed by atoms with Crippen molar-refractivity contribution in [1.82, 2.24) is 31.0 Å². The standard InChI is InChI=1S/C18H18N4O2S.C16H14N4O2S.CH4/c1-9-10(2)21-22-18-14(9)15(19)16(25-18)17(23)20-8-11-3-4-13-12(7-11)5-6-24-13;17-13-11-3-5-19-20-16(11)23-14(13)15(21)18-8-9-1-2-12-10(7-9)4-6-22-12;/h3-4,7H,5-6,8,19H2,1-2H3,(H,20,23);1-3,5,7H,4,6,8,17H2,(H,18,21);1H4. The number of benzene rings is 2. The van der Waals surface area contributed by atoms with Crippen LogP contribution in [0.5, 0.6) is 11.5 Å². The van der Waals surface area contributed by atoms with Gasteiger partial charge in [0, 0.05) is 36.7 Å². The number of amides is 2. The van der Waals surface area contributed by atoms with Gasteiger partial charge in [0.05, 0.1) is 36.5 Å². The Morgan fingerprint density at radius 3 is 1.94 bits per heavy atom. The van der Waals surface area contributed by atoms with E-state index in [2.05, 4.69) is 43.2 Å². The molecule has 2 aromatic carbocycles. The zero-order valence-electron chi connectivity index (χ0n) is 26.3. The highest BCUT2D eigenvalue weighted by molar-refractivity contribution is 7.21. The van der Waals surface area contributed by atoms with Crippen LogP contribution < -0.4 is 31.6 Å². The molecule has 0 bridgehead atoms. The second kappa shape index (κ2) is 14.0. The number of nitrogen functional groups attached to an aromatic ring is 2. The van der Waals surface area contributed by atoms with E-state index in [1.165, 1.54) is 33.8 Å². The maximum atomic E-state index is 12.6. The number of nitrogens with zero attached hydrogens (tertiary/aromatic N) is 4. The van der Waals surface area contributed by atoms with Gasteiger partial charge in [-0.15, -0.1) is 32.9 Å². The molecule has 0 radical (unpaired) electrons. The van der Waals surface area contributed by atoms with Crippen molar-refractivity contribution in [1.29, 1.82) is 0 Å². The number of carbonyl (C=O) groups is 2. The third-order valence-electron chi connectivity index (χ3n) is 8.38. The van der Waals surface area contributed by atoms with Crippen LogP contribution in [0.25, 0.3) is 20.4 Å². The van der Waals surface area contributed by atoms with Crippen molar-refractivity contribution in [2.24, 2.45) is 0 Å². The summed E-state index contributed by atoms with van der Waals surface area (Å²) >= 11 is 2.54. The summed E-state index contributed by atoms with van der Waals surface area (Å²) in [5.41, 5.74) is 19.5. The Kier molecular flexibility index (Phi) is 9.60. The third kappa shape index (κ3) is 6.69. The Morgan fingerprint density at radius 2 is 1.35 bits per heavy atom. The molecule has 8 rings (SSSR count). The van der Waals surface area contributed by atoms with Crippen LogP contribution in [-0.2, 0) is 25.9 Å². The van der Waals surface area contributed by atoms with Crippen LogP contribution in [0.15, 0.2) is 48.7 Å². The molecule has 2 aliphatic rings. The SMILES string of the molecule is C.Cc1nnc2sc(C(=O)NCc3ccc4c(c3)CCO4)c(N)c2c1C.Nc1c(C(=O)NCc2ccc3c(c2)CCO3)sc2nnccc12. The number of carbonyl (C=O) groups excluding carboxylic acids is 2. The first-order chi connectivity index (χ1) is 23.3. The normalized spacial score (nSPS) is 12.6. The smallest absolute Gasteiger partial charge is 0.263 e. The van der Waals surface area contributed by atoms with Gasteiger partial charge in [0.2, 0.25) is 0 Å². The van der Waals surface area contributed by atoms with E-state index in [-0.39, 0.29) is 19.2 Å². The molecule has 0 atom stereocenters. The molecule has 0 fully saturated rings. The van der Waals surface area contributed by atoms with E-state index in [4.69, 9.17) is 20.9 Å². The lowest BCUT2D eigenvalue weighted by Crippen LogP contribution is -2.22. The van der Waals surface area contributed by atoms with E-state index >= 15 is 0 Å². The molecule has 6 aromatic rings. The predicted octanol–water partition coefficient (Wildman–Crippen LogP) is 5.53. The van der Waals surface area contributed by atoms with Crippen molar-refractivity contribution < 1.29 is 19.1 Å². The number of hydrogen-bond donors (Lipinski definition) is 4. The highest BCUT2D eigenvalue weighted by Gasteiger charge is 2.21. The molecule has 14 heteroatoms. The molecular formula is C35H36N8O4S2. The zero-order valence-corrected chi connectivity index (χ0v) is 27.9. The summed E-state index contributed by atoms with van der Waals surface area (Å²) in [6.07, 6.45) is 3.40. The summed E-state index contributed by atoms with van der Waals surface area (Å²) in [5.74, 6) is 1.50. The van der Waals surface area contributed by atoms with Crippen molar-refractivity contribution in [3.05, 3.63) is 91.9 Å². The highest BCUT2D eigenvalue weighted by atomic mass is 32.1. The van der Waals surface area contributed by atoms with Crippen LogP contribution in [-0.4, -0.2) is 45.4 Å². The van der Waals surface area contributed by atoms with Crippen LogP contribution in [0.2, 0.25) is 0 Å². The quantitative estimate of drug-likeness (QED) is 0.173. The van der Waals surface area contributed by atoms with E-state index in [0.29, 0.717) is 43.9 Å². The number of anilines is 2. The number of nitrogens with one attached hydrogen (secondary N) is 2. The molecule has 6 heterocycles. The minimum absolute atomic E-state index is 0. The number of thiophene rings is 2. The summed E-state index contributed by atoms with van der Waals surface area (Å²) in [4.78, 5) is 27.3. The first kappa shape index (κ1) is 33.6. The fraction of sp³-hybridized carbons (Fsp3) is 0.257. The number of hydrogen-bond acceptors (Lipinski definition) is 12. The van der Waals surface area contributed by atoms with E-state index in [1.807, 2.05) is 38.1 Å². The van der Waals surface area contributed by atoms with Crippen molar-refractivity contribution in [2.45, 2.75) is 47.2 Å². The number of ether oxygens (including phenoxy) is 2. The second-order valence-electron chi connectivity index (χ2n) is 11.5. The van der Waals surface area contributed by atoms with Crippen LogP contribution in [0.4, 0.5) is 11.4 Å². The molecule has 0 saturated carbocycles. The Bertz CT molecular complexity index is 2210. The largest absolute Gasteiger partial charge is 0.493 e. The Balaban J connectivity index is 0.000000167. The van der Waals surface area contributed by atoms with Crippen LogP contribution in [0, 0.1) is 13.8 Å². The molecule has 0 spiro atoms. The van der Waals surface area contributed by atoms with E-state index < -0.39 is 0 Å². The number of aromatic nitrogens is 4. The average Bonchev–Trinajstić information content (AvgIpc) is 3.90. The predicted molar refractivity (Wildman–Crippen MR) is 193 cm³/mol. The molecular weight excluding hydrogens is 661 g/mol. The molecule has 6 N–H and O–H groups in total. The molecule has 0 aliphatic carbocycles. The molecule has 2 amide bonds. The van der Waals surface area contributed by atoms with Gasteiger partial charge in [-0.25, -0.2) is 0 Å². The molecule has 0 saturated heterocycles. The monoisotopic (exact) mass is 696 g/mol. The number of fused-ring (bicyclic) bond motifs is 4. The summed E-state index contributed by atoms with van der Waals surface area (Å²) in [6, 6.07) is 13.8. The number of aryl methyl sites for hydroxylation is 2. The van der Waals surface area contributed by atoms with Gasteiger partial charge in [0.25, 0.3) is 11.8 Å². The average molecular weight is 697 g/mol. The molecule has 4 aromatic heterocycles. The summed E-state index contributed by atoms with van der Waals surface area (Å²) in [5, 5.41) is 23.5. The molecule has 49 heavy (non-hydrogen) atoms. The second-order valence-corrected chi connectivity index (χ2v) is 13.5. The molecule has 12 nitrogen and oxygen atoms in total. The maximum Gasteiger partial charge on any atom is 0.263 e.